The van der Waals surface area contributed by atoms with Gasteiger partial charge in [-0.15, -0.1) is 0 Å². The number of ether oxygens (including phenoxy) is 1. The molecule has 0 aromatic heterocycles. The van der Waals surface area contributed by atoms with Crippen LogP contribution in [0.25, 0.3) is 0 Å². The molecule has 3 aliphatic rings. The first-order chi connectivity index (χ1) is 23.9. The molecule has 5 atom stereocenters. The molecule has 0 radical (unpaired) electrons. The first-order valence-corrected chi connectivity index (χ1v) is 16.2. The highest BCUT2D eigenvalue weighted by Gasteiger charge is 2.46. The van der Waals surface area contributed by atoms with Gasteiger partial charge in [-0.2, -0.15) is 9.81 Å². The summed E-state index contributed by atoms with van der Waals surface area (Å²) >= 11 is 0. The van der Waals surface area contributed by atoms with Crippen LogP contribution in [0.4, 0.5) is 4.79 Å². The third-order valence-electron chi connectivity index (χ3n) is 8.45. The van der Waals surface area contributed by atoms with Crippen molar-refractivity contribution < 1.29 is 43.4 Å². The molecule has 8 N–H and O–H groups in total. The molecule has 0 saturated carbocycles. The van der Waals surface area contributed by atoms with E-state index < -0.39 is 78.2 Å². The summed E-state index contributed by atoms with van der Waals surface area (Å²) in [7, 11) is 0. The Bertz CT molecular complexity index is 1330. The van der Waals surface area contributed by atoms with Gasteiger partial charge in [-0.1, -0.05) is 10.4 Å². The van der Waals surface area contributed by atoms with Gasteiger partial charge in [0.15, 0.2) is 5.96 Å². The van der Waals surface area contributed by atoms with E-state index in [4.69, 9.17) is 16.2 Å². The Labute approximate surface area is 286 Å². The molecular weight excluding hydrogens is 666 g/mol. The fourth-order valence-corrected chi connectivity index (χ4v) is 5.89. The molecule has 276 valence electrons. The molecule has 0 bridgehead atoms. The fraction of sp³-hybridized carbons (Fsp3) is 0.714. The topological polar surface area (TPSA) is 318 Å². The van der Waals surface area contributed by atoms with E-state index >= 15 is 0 Å². The number of nitroso groups, excluding NO2 is 2. The molecule has 22 nitrogen and oxygen atoms in total. The van der Waals surface area contributed by atoms with Gasteiger partial charge in [-0.05, 0) is 25.7 Å². The zero-order valence-corrected chi connectivity index (χ0v) is 27.4. The predicted octanol–water partition coefficient (Wildman–Crippen LogP) is -3.06. The van der Waals surface area contributed by atoms with Crippen LogP contribution in [0.15, 0.2) is 15.3 Å². The first kappa shape index (κ1) is 39.2. The molecule has 0 aromatic carbocycles. The van der Waals surface area contributed by atoms with Gasteiger partial charge in [0.2, 0.25) is 17.7 Å². The number of nitrogens with two attached hydrogens (primary N) is 2. The maximum Gasteiger partial charge on any atom is 0.328 e. The molecule has 1 unspecified atom stereocenters. The molecule has 0 spiro atoms. The number of carboxylic acids is 1. The van der Waals surface area contributed by atoms with E-state index in [-0.39, 0.29) is 96.9 Å². The van der Waals surface area contributed by atoms with Crippen LogP contribution in [0.5, 0.6) is 0 Å². The molecule has 3 heterocycles. The van der Waals surface area contributed by atoms with E-state index in [2.05, 4.69) is 31.3 Å². The van der Waals surface area contributed by atoms with Crippen molar-refractivity contribution in [1.29, 1.82) is 0 Å². The minimum Gasteiger partial charge on any atom is -0.481 e. The van der Waals surface area contributed by atoms with Crippen molar-refractivity contribution in [3.63, 3.8) is 0 Å². The van der Waals surface area contributed by atoms with Gasteiger partial charge in [0, 0.05) is 45.6 Å². The number of piperazine rings is 1. The summed E-state index contributed by atoms with van der Waals surface area (Å²) in [6.45, 7) is -0.219. The van der Waals surface area contributed by atoms with E-state index in [1.807, 2.05) is 0 Å². The van der Waals surface area contributed by atoms with Crippen LogP contribution < -0.4 is 27.4 Å². The molecule has 3 rings (SSSR count). The molecule has 0 aliphatic carbocycles. The Morgan fingerprint density at radius 1 is 0.940 bits per heavy atom. The standard InChI is InChI=1S/C28H43N11O11/c29-27(30)31-7-1-3-16(22(42)35-18-6-14-50-26(18)46)34-23(43)20(15-21(40)41)37-10-12-38(13-11-37)25(45)19(5-9-33-49)39-24(44)17(36-28(39)47)4-2-8-32-48/h16-20H,1-15H2,(H,34,43)(H,35,42)(H,36,47)(H,40,41)(H4,29,30,31)/t16-,17+,18?,19+,20-/m1/s1. The number of rotatable bonds is 20. The van der Waals surface area contributed by atoms with Crippen LogP contribution in [-0.2, 0) is 33.5 Å². The molecule has 3 aliphatic heterocycles. The number of carboxylic acid groups (broad SMARTS) is 1. The van der Waals surface area contributed by atoms with Crippen LogP contribution in [0.1, 0.15) is 44.9 Å². The van der Waals surface area contributed by atoms with E-state index in [1.165, 1.54) is 9.80 Å². The summed E-state index contributed by atoms with van der Waals surface area (Å²) in [5, 5.41) is 22.8. The highest BCUT2D eigenvalue weighted by molar-refractivity contribution is 6.07. The lowest BCUT2D eigenvalue weighted by atomic mass is 10.1. The van der Waals surface area contributed by atoms with E-state index in [9.17, 15) is 48.5 Å². The predicted molar refractivity (Wildman–Crippen MR) is 172 cm³/mol. The summed E-state index contributed by atoms with van der Waals surface area (Å²) in [5.74, 6) is -4.89. The molecule has 22 heteroatoms. The van der Waals surface area contributed by atoms with E-state index in [1.54, 1.807) is 0 Å². The fourth-order valence-electron chi connectivity index (χ4n) is 5.89. The van der Waals surface area contributed by atoms with Crippen molar-refractivity contribution in [2.45, 2.75) is 75.2 Å². The second kappa shape index (κ2) is 19.0. The Kier molecular flexibility index (Phi) is 14.9. The summed E-state index contributed by atoms with van der Waals surface area (Å²) in [4.78, 5) is 119. The quantitative estimate of drug-likeness (QED) is 0.0183. The number of hydrogen-bond acceptors (Lipinski definition) is 14. The average Bonchev–Trinajstić information content (AvgIpc) is 3.61. The number of nitrogens with one attached hydrogen (secondary N) is 3. The van der Waals surface area contributed by atoms with Crippen LogP contribution in [0.3, 0.4) is 0 Å². The monoisotopic (exact) mass is 709 g/mol. The summed E-state index contributed by atoms with van der Waals surface area (Å²) in [6, 6.07) is -6.51. The third-order valence-corrected chi connectivity index (χ3v) is 8.45. The summed E-state index contributed by atoms with van der Waals surface area (Å²) < 4.78 is 4.88. The molecule has 3 saturated heterocycles. The maximum absolute atomic E-state index is 13.6. The number of carbonyl (C=O) groups is 7. The van der Waals surface area contributed by atoms with Crippen molar-refractivity contribution in [3.8, 4) is 0 Å². The second-order valence-corrected chi connectivity index (χ2v) is 11.9. The molecular formula is C28H43N11O11. The van der Waals surface area contributed by atoms with Crippen molar-refractivity contribution in [3.05, 3.63) is 9.81 Å². The number of esters is 1. The third kappa shape index (κ3) is 10.9. The molecule has 3 fully saturated rings. The normalized spacial score (nSPS) is 21.0. The van der Waals surface area contributed by atoms with Gasteiger partial charge >= 0.3 is 18.0 Å². The number of cyclic esters (lactones) is 1. The average molecular weight is 710 g/mol. The van der Waals surface area contributed by atoms with Gasteiger partial charge in [0.25, 0.3) is 5.91 Å². The minimum absolute atomic E-state index is 0.00644. The van der Waals surface area contributed by atoms with Crippen molar-refractivity contribution >= 4 is 47.6 Å². The summed E-state index contributed by atoms with van der Waals surface area (Å²) in [6.07, 6.45) is 0.0173. The highest BCUT2D eigenvalue weighted by Crippen LogP contribution is 2.21. The second-order valence-electron chi connectivity index (χ2n) is 11.9. The lowest BCUT2D eigenvalue weighted by Crippen LogP contribution is -2.61. The Hall–Kier alpha value is -5.28. The van der Waals surface area contributed by atoms with Gasteiger partial charge in [0.1, 0.15) is 24.2 Å². The number of imide groups is 1. The van der Waals surface area contributed by atoms with Crippen LogP contribution in [-0.4, -0.2) is 150 Å². The SMILES string of the molecule is NC(N)=NCCC[C@@H](NC(=O)[C@@H](CC(=O)O)N1CCN(C(=O)[C@H](CCN=O)N2C(=O)N[C@@H](CCCN=O)C2=O)CC1)C(=O)NC1CCOC1=O. The molecule has 0 aromatic rings. The van der Waals surface area contributed by atoms with Crippen molar-refractivity contribution in [2.75, 3.05) is 52.4 Å². The highest BCUT2D eigenvalue weighted by atomic mass is 16.5. The largest absolute Gasteiger partial charge is 0.481 e. The van der Waals surface area contributed by atoms with Gasteiger partial charge in [-0.3, -0.25) is 33.9 Å². The molecule has 6 amide bonds. The van der Waals surface area contributed by atoms with E-state index in [0.717, 1.165) is 4.90 Å². The van der Waals surface area contributed by atoms with Gasteiger partial charge < -0.3 is 42.2 Å². The number of aliphatic carboxylic acids is 1. The zero-order valence-electron chi connectivity index (χ0n) is 27.4. The van der Waals surface area contributed by atoms with Crippen molar-refractivity contribution in [1.82, 2.24) is 30.7 Å². The summed E-state index contributed by atoms with van der Waals surface area (Å²) in [5.41, 5.74) is 10.7. The number of carbonyl (C=O) groups excluding carboxylic acids is 6. The minimum atomic E-state index is -1.35. The lowest BCUT2D eigenvalue weighted by molar-refractivity contribution is -0.146. The smallest absolute Gasteiger partial charge is 0.328 e. The van der Waals surface area contributed by atoms with Crippen molar-refractivity contribution in [2.24, 2.45) is 26.8 Å². The van der Waals surface area contributed by atoms with Gasteiger partial charge in [-0.25, -0.2) is 14.5 Å². The Morgan fingerprint density at radius 3 is 2.24 bits per heavy atom. The number of urea groups is 1. The number of nitrogens with zero attached hydrogens (tertiary/aromatic N) is 6. The maximum atomic E-state index is 13.6. The number of hydrogen-bond donors (Lipinski definition) is 6. The van der Waals surface area contributed by atoms with E-state index in [0.29, 0.717) is 0 Å². The number of aliphatic imine (C=N–C) groups is 1. The van der Waals surface area contributed by atoms with Crippen LogP contribution in [0, 0.1) is 9.81 Å². The number of guanidine groups is 1. The lowest BCUT2D eigenvalue weighted by Gasteiger charge is -2.40. The van der Waals surface area contributed by atoms with Crippen LogP contribution in [0.2, 0.25) is 0 Å². The Balaban J connectivity index is 1.70. The first-order valence-electron chi connectivity index (χ1n) is 16.2. The Morgan fingerprint density at radius 2 is 1.64 bits per heavy atom. The zero-order chi connectivity index (χ0) is 36.8. The van der Waals surface area contributed by atoms with Gasteiger partial charge in [0.05, 0.1) is 32.2 Å². The molecule has 50 heavy (non-hydrogen) atoms. The number of amides is 6. The van der Waals surface area contributed by atoms with Crippen LogP contribution >= 0.6 is 0 Å².